The fraction of sp³-hybridized carbons (Fsp3) is 0.222. The van der Waals surface area contributed by atoms with Crippen LogP contribution in [0.15, 0.2) is 67.0 Å². The third-order valence-electron chi connectivity index (χ3n) is 6.33. The molecule has 5 rings (SSSR count). The Morgan fingerprint density at radius 2 is 1.84 bits per heavy atom. The lowest BCUT2D eigenvalue weighted by atomic mass is 10.1. The molecule has 0 aliphatic carbocycles. The highest BCUT2D eigenvalue weighted by Gasteiger charge is 2.35. The molecule has 188 valence electrons. The Morgan fingerprint density at radius 1 is 1.03 bits per heavy atom. The Balaban J connectivity index is 1.18. The van der Waals surface area contributed by atoms with E-state index in [0.29, 0.717) is 41.1 Å². The van der Waals surface area contributed by atoms with Crippen molar-refractivity contribution in [1.82, 2.24) is 19.7 Å². The number of rotatable bonds is 7. The highest BCUT2D eigenvalue weighted by atomic mass is 16.5. The van der Waals surface area contributed by atoms with Gasteiger partial charge in [0.25, 0.3) is 0 Å². The first-order valence-corrected chi connectivity index (χ1v) is 11.8. The van der Waals surface area contributed by atoms with Gasteiger partial charge in [0.15, 0.2) is 5.82 Å². The van der Waals surface area contributed by atoms with Crippen molar-refractivity contribution in [3.8, 4) is 23.2 Å². The van der Waals surface area contributed by atoms with E-state index >= 15 is 0 Å². The SMILES string of the molecule is COc1cccc(N2CC(C(=O)Nc3ccc(Oc4ccc(-n5cnc(C)c5C)nn4)cc3)CC2=O)c1. The molecule has 2 aromatic carbocycles. The summed E-state index contributed by atoms with van der Waals surface area (Å²) in [6, 6.07) is 17.7. The Hall–Kier alpha value is -4.73. The standard InChI is InChI=1S/C27H26N6O4/c1-17-18(2)33(16-28-17)24-11-12-25(31-30-24)37-22-9-7-20(8-10-22)29-27(35)19-13-26(34)32(15-19)21-5-4-6-23(14-21)36-3/h4-12,14,16,19H,13,15H2,1-3H3,(H,29,35). The minimum Gasteiger partial charge on any atom is -0.497 e. The minimum absolute atomic E-state index is 0.0948. The van der Waals surface area contributed by atoms with Crippen LogP contribution in [-0.2, 0) is 9.59 Å². The zero-order valence-corrected chi connectivity index (χ0v) is 20.7. The molecular weight excluding hydrogens is 472 g/mol. The molecular formula is C27H26N6O4. The smallest absolute Gasteiger partial charge is 0.238 e. The molecule has 0 saturated carbocycles. The number of anilines is 2. The van der Waals surface area contributed by atoms with Crippen LogP contribution in [0, 0.1) is 19.8 Å². The maximum Gasteiger partial charge on any atom is 0.238 e. The quantitative estimate of drug-likeness (QED) is 0.409. The molecule has 1 saturated heterocycles. The van der Waals surface area contributed by atoms with E-state index in [1.165, 1.54) is 0 Å². The number of aryl methyl sites for hydroxylation is 1. The van der Waals surface area contributed by atoms with Gasteiger partial charge in [-0.25, -0.2) is 4.98 Å². The van der Waals surface area contributed by atoms with Crippen LogP contribution in [0.2, 0.25) is 0 Å². The molecule has 0 spiro atoms. The van der Waals surface area contributed by atoms with Crippen LogP contribution in [0.5, 0.6) is 17.4 Å². The van der Waals surface area contributed by atoms with Gasteiger partial charge in [0, 0.05) is 42.2 Å². The monoisotopic (exact) mass is 498 g/mol. The van der Waals surface area contributed by atoms with E-state index < -0.39 is 5.92 Å². The van der Waals surface area contributed by atoms with Crippen molar-refractivity contribution < 1.29 is 19.1 Å². The summed E-state index contributed by atoms with van der Waals surface area (Å²) in [5.41, 5.74) is 3.25. The number of nitrogens with zero attached hydrogens (tertiary/aromatic N) is 5. The van der Waals surface area contributed by atoms with Gasteiger partial charge in [-0.15, -0.1) is 10.2 Å². The van der Waals surface area contributed by atoms with Crippen molar-refractivity contribution in [1.29, 1.82) is 0 Å². The largest absolute Gasteiger partial charge is 0.497 e. The van der Waals surface area contributed by atoms with E-state index in [1.54, 1.807) is 54.7 Å². The van der Waals surface area contributed by atoms with Crippen LogP contribution >= 0.6 is 0 Å². The molecule has 1 aliphatic rings. The average Bonchev–Trinajstić information content (AvgIpc) is 3.47. The van der Waals surface area contributed by atoms with E-state index in [4.69, 9.17) is 9.47 Å². The molecule has 2 aromatic heterocycles. The molecule has 10 nitrogen and oxygen atoms in total. The van der Waals surface area contributed by atoms with Crippen LogP contribution in [-0.4, -0.2) is 45.2 Å². The predicted molar refractivity (Wildman–Crippen MR) is 137 cm³/mol. The topological polar surface area (TPSA) is 111 Å². The van der Waals surface area contributed by atoms with E-state index in [9.17, 15) is 9.59 Å². The summed E-state index contributed by atoms with van der Waals surface area (Å²) in [6.45, 7) is 4.22. The minimum atomic E-state index is -0.452. The van der Waals surface area contributed by atoms with Crippen LogP contribution in [0.3, 0.4) is 0 Å². The van der Waals surface area contributed by atoms with Gasteiger partial charge in [0.1, 0.15) is 17.8 Å². The van der Waals surface area contributed by atoms with E-state index in [1.807, 2.05) is 42.7 Å². The average molecular weight is 499 g/mol. The van der Waals surface area contributed by atoms with Crippen molar-refractivity contribution in [3.05, 3.63) is 78.4 Å². The summed E-state index contributed by atoms with van der Waals surface area (Å²) in [5.74, 6) is 1.45. The lowest BCUT2D eigenvalue weighted by Gasteiger charge is -2.17. The molecule has 37 heavy (non-hydrogen) atoms. The van der Waals surface area contributed by atoms with Crippen LogP contribution in [0.4, 0.5) is 11.4 Å². The lowest BCUT2D eigenvalue weighted by molar-refractivity contribution is -0.122. The van der Waals surface area contributed by atoms with Gasteiger partial charge >= 0.3 is 0 Å². The van der Waals surface area contributed by atoms with Crippen molar-refractivity contribution in [3.63, 3.8) is 0 Å². The number of carbonyl (C=O) groups is 2. The number of ether oxygens (including phenoxy) is 2. The van der Waals surface area contributed by atoms with Gasteiger partial charge in [-0.1, -0.05) is 6.07 Å². The number of nitrogens with one attached hydrogen (secondary N) is 1. The molecule has 2 amide bonds. The molecule has 1 atom stereocenters. The van der Waals surface area contributed by atoms with Crippen molar-refractivity contribution in [2.75, 3.05) is 23.9 Å². The highest BCUT2D eigenvalue weighted by molar-refractivity contribution is 6.03. The van der Waals surface area contributed by atoms with Crippen LogP contribution in [0.1, 0.15) is 17.8 Å². The van der Waals surface area contributed by atoms with E-state index in [2.05, 4.69) is 20.5 Å². The first-order valence-electron chi connectivity index (χ1n) is 11.8. The summed E-state index contributed by atoms with van der Waals surface area (Å²) in [6.07, 6.45) is 1.86. The van der Waals surface area contributed by atoms with Gasteiger partial charge < -0.3 is 19.7 Å². The number of hydrogen-bond donors (Lipinski definition) is 1. The molecule has 1 aliphatic heterocycles. The normalized spacial score (nSPS) is 15.1. The van der Waals surface area contributed by atoms with Gasteiger partial charge in [-0.05, 0) is 56.3 Å². The molecule has 3 heterocycles. The molecule has 0 radical (unpaired) electrons. The first kappa shape index (κ1) is 24.0. The van der Waals surface area contributed by atoms with Crippen LogP contribution < -0.4 is 19.7 Å². The summed E-state index contributed by atoms with van der Waals surface area (Å²) in [7, 11) is 1.57. The maximum atomic E-state index is 12.8. The fourth-order valence-electron chi connectivity index (χ4n) is 4.11. The number of amides is 2. The zero-order valence-electron chi connectivity index (χ0n) is 20.7. The highest BCUT2D eigenvalue weighted by Crippen LogP contribution is 2.29. The Morgan fingerprint density at radius 3 is 2.51 bits per heavy atom. The van der Waals surface area contributed by atoms with Gasteiger partial charge in [0.05, 0.1) is 18.7 Å². The molecule has 1 fully saturated rings. The summed E-state index contributed by atoms with van der Waals surface area (Å²) in [4.78, 5) is 31.3. The summed E-state index contributed by atoms with van der Waals surface area (Å²) < 4.78 is 12.9. The number of hydrogen-bond acceptors (Lipinski definition) is 7. The summed E-state index contributed by atoms with van der Waals surface area (Å²) in [5, 5.41) is 11.2. The summed E-state index contributed by atoms with van der Waals surface area (Å²) >= 11 is 0. The third-order valence-corrected chi connectivity index (χ3v) is 6.33. The predicted octanol–water partition coefficient (Wildman–Crippen LogP) is 4.07. The molecule has 1 unspecified atom stereocenters. The number of benzene rings is 2. The second kappa shape index (κ2) is 10.1. The first-order chi connectivity index (χ1) is 17.9. The van der Waals surface area contributed by atoms with Crippen molar-refractivity contribution in [2.45, 2.75) is 20.3 Å². The maximum absolute atomic E-state index is 12.8. The molecule has 10 heteroatoms. The molecule has 4 aromatic rings. The van der Waals surface area contributed by atoms with E-state index in [-0.39, 0.29) is 18.2 Å². The van der Waals surface area contributed by atoms with Crippen molar-refractivity contribution in [2.24, 2.45) is 5.92 Å². The second-order valence-corrected chi connectivity index (χ2v) is 8.74. The molecule has 0 bridgehead atoms. The number of carbonyl (C=O) groups excluding carboxylic acids is 2. The van der Waals surface area contributed by atoms with Gasteiger partial charge in [-0.2, -0.15) is 0 Å². The lowest BCUT2D eigenvalue weighted by Crippen LogP contribution is -2.28. The number of imidazole rings is 1. The fourth-order valence-corrected chi connectivity index (χ4v) is 4.11. The molecule has 1 N–H and O–H groups in total. The second-order valence-electron chi connectivity index (χ2n) is 8.74. The third kappa shape index (κ3) is 5.13. The number of aromatic nitrogens is 4. The number of methoxy groups -OCH3 is 1. The van der Waals surface area contributed by atoms with Gasteiger partial charge in [-0.3, -0.25) is 14.2 Å². The Bertz CT molecular complexity index is 1430. The van der Waals surface area contributed by atoms with E-state index in [0.717, 1.165) is 11.4 Å². The zero-order chi connectivity index (χ0) is 25.9. The Kier molecular flexibility index (Phi) is 6.55. The van der Waals surface area contributed by atoms with Gasteiger partial charge in [0.2, 0.25) is 17.7 Å². The Labute approximate surface area is 213 Å². The van der Waals surface area contributed by atoms with Crippen molar-refractivity contribution >= 4 is 23.2 Å². The van der Waals surface area contributed by atoms with Crippen LogP contribution in [0.25, 0.3) is 5.82 Å².